The van der Waals surface area contributed by atoms with Crippen LogP contribution in [0.2, 0.25) is 0 Å². The van der Waals surface area contributed by atoms with Gasteiger partial charge in [-0.1, -0.05) is 12.1 Å². The first kappa shape index (κ1) is 15.0. The number of aromatic amines is 1. The molecule has 1 saturated heterocycles. The van der Waals surface area contributed by atoms with Crippen molar-refractivity contribution in [3.05, 3.63) is 30.1 Å². The van der Waals surface area contributed by atoms with E-state index in [4.69, 9.17) is 4.74 Å². The van der Waals surface area contributed by atoms with Crippen LogP contribution in [0.5, 0.6) is 0 Å². The summed E-state index contributed by atoms with van der Waals surface area (Å²) in [4.78, 5) is 21.9. The number of benzene rings is 1. The van der Waals surface area contributed by atoms with Gasteiger partial charge in [-0.2, -0.15) is 0 Å². The highest BCUT2D eigenvalue weighted by Crippen LogP contribution is 2.11. The lowest BCUT2D eigenvalue weighted by Crippen LogP contribution is -2.41. The maximum atomic E-state index is 11.9. The van der Waals surface area contributed by atoms with Crippen molar-refractivity contribution in [1.82, 2.24) is 20.2 Å². The van der Waals surface area contributed by atoms with Gasteiger partial charge in [0.05, 0.1) is 24.2 Å². The predicted molar refractivity (Wildman–Crippen MR) is 84.7 cm³/mol. The third kappa shape index (κ3) is 4.05. The molecular formula is C16H22N4O2. The van der Waals surface area contributed by atoms with Gasteiger partial charge in [0.2, 0.25) is 5.91 Å². The van der Waals surface area contributed by atoms with Gasteiger partial charge in [0.1, 0.15) is 5.82 Å². The number of carbonyl (C=O) groups excluding carboxylic acids is 1. The largest absolute Gasteiger partial charge is 0.379 e. The normalized spacial score (nSPS) is 16.0. The molecule has 22 heavy (non-hydrogen) atoms. The summed E-state index contributed by atoms with van der Waals surface area (Å²) in [6.07, 6.45) is 1.10. The van der Waals surface area contributed by atoms with Gasteiger partial charge in [0.15, 0.2) is 0 Å². The van der Waals surface area contributed by atoms with Crippen molar-refractivity contribution in [2.24, 2.45) is 0 Å². The van der Waals surface area contributed by atoms with E-state index < -0.39 is 0 Å². The number of hydrogen-bond donors (Lipinski definition) is 2. The van der Waals surface area contributed by atoms with Crippen LogP contribution in [0.3, 0.4) is 0 Å². The van der Waals surface area contributed by atoms with Gasteiger partial charge in [0, 0.05) is 39.0 Å². The molecule has 1 amide bonds. The topological polar surface area (TPSA) is 70.2 Å². The lowest BCUT2D eigenvalue weighted by atomic mass is 10.3. The number of H-pyrrole nitrogens is 1. The first-order valence-corrected chi connectivity index (χ1v) is 7.82. The molecule has 0 saturated carbocycles. The Hall–Kier alpha value is -1.92. The number of aromatic nitrogens is 2. The number of amides is 1. The minimum absolute atomic E-state index is 0.0775. The van der Waals surface area contributed by atoms with Crippen LogP contribution in [0, 0.1) is 0 Å². The molecule has 1 aliphatic rings. The molecule has 0 radical (unpaired) electrons. The quantitative estimate of drug-likeness (QED) is 0.833. The van der Waals surface area contributed by atoms with Crippen molar-refractivity contribution in [3.63, 3.8) is 0 Å². The van der Waals surface area contributed by atoms with Gasteiger partial charge >= 0.3 is 0 Å². The van der Waals surface area contributed by atoms with Crippen LogP contribution in [0.15, 0.2) is 24.3 Å². The molecule has 0 unspecified atom stereocenters. The number of nitrogens with one attached hydrogen (secondary N) is 2. The van der Waals surface area contributed by atoms with Crippen LogP contribution in [0.25, 0.3) is 11.0 Å². The Kier molecular flexibility index (Phi) is 5.03. The zero-order valence-corrected chi connectivity index (χ0v) is 12.7. The third-order valence-corrected chi connectivity index (χ3v) is 3.88. The minimum atomic E-state index is 0.0775. The van der Waals surface area contributed by atoms with E-state index in [1.165, 1.54) is 0 Å². The van der Waals surface area contributed by atoms with Gasteiger partial charge in [-0.25, -0.2) is 4.98 Å². The smallest absolute Gasteiger partial charge is 0.220 e. The first-order chi connectivity index (χ1) is 10.8. The number of carbonyl (C=O) groups is 1. The van der Waals surface area contributed by atoms with Gasteiger partial charge in [-0.15, -0.1) is 0 Å². The van der Waals surface area contributed by atoms with E-state index in [-0.39, 0.29) is 5.91 Å². The third-order valence-electron chi connectivity index (χ3n) is 3.88. The summed E-state index contributed by atoms with van der Waals surface area (Å²) < 4.78 is 5.30. The molecule has 3 rings (SSSR count). The lowest BCUT2D eigenvalue weighted by molar-refractivity contribution is -0.121. The number of imidazole rings is 1. The predicted octanol–water partition coefficient (Wildman–Crippen LogP) is 0.944. The van der Waals surface area contributed by atoms with E-state index in [0.717, 1.165) is 49.7 Å². The number of morpholine rings is 1. The average molecular weight is 302 g/mol. The minimum Gasteiger partial charge on any atom is -0.379 e. The summed E-state index contributed by atoms with van der Waals surface area (Å²) in [7, 11) is 0. The Balaban J connectivity index is 1.38. The number of aryl methyl sites for hydroxylation is 1. The number of fused-ring (bicyclic) bond motifs is 1. The Bertz CT molecular complexity index is 586. The van der Waals surface area contributed by atoms with Gasteiger partial charge < -0.3 is 15.0 Å². The number of para-hydroxylation sites is 2. The number of ether oxygens (including phenoxy) is 1. The molecule has 2 heterocycles. The Morgan fingerprint density at radius 3 is 2.95 bits per heavy atom. The number of hydrogen-bond acceptors (Lipinski definition) is 4. The molecule has 0 aliphatic carbocycles. The van der Waals surface area contributed by atoms with Crippen molar-refractivity contribution in [3.8, 4) is 0 Å². The summed E-state index contributed by atoms with van der Waals surface area (Å²) in [5, 5.41) is 2.97. The highest BCUT2D eigenvalue weighted by molar-refractivity contribution is 5.77. The van der Waals surface area contributed by atoms with Crippen LogP contribution < -0.4 is 5.32 Å². The second-order valence-corrected chi connectivity index (χ2v) is 5.50. The summed E-state index contributed by atoms with van der Waals surface area (Å²) >= 11 is 0. The standard InChI is InChI=1S/C16H22N4O2/c21-16(17-7-8-20-9-11-22-12-10-20)6-5-15-18-13-3-1-2-4-14(13)19-15/h1-4H,5-12H2,(H,17,21)(H,18,19). The average Bonchev–Trinajstić information content (AvgIpc) is 2.97. The summed E-state index contributed by atoms with van der Waals surface area (Å²) in [6.45, 7) is 5.07. The number of nitrogens with zero attached hydrogens (tertiary/aromatic N) is 2. The van der Waals surface area contributed by atoms with E-state index in [1.807, 2.05) is 24.3 Å². The maximum Gasteiger partial charge on any atom is 0.220 e. The van der Waals surface area contributed by atoms with Crippen LogP contribution in [-0.4, -0.2) is 60.2 Å². The van der Waals surface area contributed by atoms with Gasteiger partial charge in [-0.05, 0) is 12.1 Å². The SMILES string of the molecule is O=C(CCc1nc2ccccc2[nH]1)NCCN1CCOCC1. The second-order valence-electron chi connectivity index (χ2n) is 5.50. The van der Waals surface area contributed by atoms with Gasteiger partial charge in [-0.3, -0.25) is 9.69 Å². The van der Waals surface area contributed by atoms with E-state index in [0.29, 0.717) is 19.4 Å². The first-order valence-electron chi connectivity index (χ1n) is 7.82. The fourth-order valence-electron chi connectivity index (χ4n) is 2.62. The summed E-state index contributed by atoms with van der Waals surface area (Å²) in [6, 6.07) is 7.90. The molecule has 118 valence electrons. The number of rotatable bonds is 6. The van der Waals surface area contributed by atoms with Crippen LogP contribution in [0.4, 0.5) is 0 Å². The maximum absolute atomic E-state index is 11.9. The molecule has 2 aromatic rings. The lowest BCUT2D eigenvalue weighted by Gasteiger charge is -2.26. The molecule has 6 nitrogen and oxygen atoms in total. The van der Waals surface area contributed by atoms with E-state index >= 15 is 0 Å². The van der Waals surface area contributed by atoms with Crippen molar-refractivity contribution in [1.29, 1.82) is 0 Å². The van der Waals surface area contributed by atoms with Crippen molar-refractivity contribution in [2.75, 3.05) is 39.4 Å². The van der Waals surface area contributed by atoms with Crippen LogP contribution >= 0.6 is 0 Å². The zero-order chi connectivity index (χ0) is 15.2. The van der Waals surface area contributed by atoms with Crippen molar-refractivity contribution in [2.45, 2.75) is 12.8 Å². The molecule has 0 atom stereocenters. The van der Waals surface area contributed by atoms with Crippen LogP contribution in [0.1, 0.15) is 12.2 Å². The Morgan fingerprint density at radius 2 is 2.14 bits per heavy atom. The highest BCUT2D eigenvalue weighted by Gasteiger charge is 2.10. The van der Waals surface area contributed by atoms with E-state index in [2.05, 4.69) is 20.2 Å². The van der Waals surface area contributed by atoms with Crippen LogP contribution in [-0.2, 0) is 16.0 Å². The summed E-state index contributed by atoms with van der Waals surface area (Å²) in [5.41, 5.74) is 1.97. The molecule has 1 aromatic heterocycles. The fraction of sp³-hybridized carbons (Fsp3) is 0.500. The Labute approximate surface area is 129 Å². The zero-order valence-electron chi connectivity index (χ0n) is 12.7. The highest BCUT2D eigenvalue weighted by atomic mass is 16.5. The Morgan fingerprint density at radius 1 is 1.32 bits per heavy atom. The molecule has 6 heteroatoms. The molecular weight excluding hydrogens is 280 g/mol. The second kappa shape index (κ2) is 7.38. The monoisotopic (exact) mass is 302 g/mol. The molecule has 1 aliphatic heterocycles. The molecule has 1 fully saturated rings. The van der Waals surface area contributed by atoms with Gasteiger partial charge in [0.25, 0.3) is 0 Å². The van der Waals surface area contributed by atoms with E-state index in [9.17, 15) is 4.79 Å². The molecule has 1 aromatic carbocycles. The van der Waals surface area contributed by atoms with Crippen molar-refractivity contribution >= 4 is 16.9 Å². The summed E-state index contributed by atoms with van der Waals surface area (Å²) in [5.74, 6) is 0.943. The molecule has 0 bridgehead atoms. The fourth-order valence-corrected chi connectivity index (χ4v) is 2.62. The molecule has 2 N–H and O–H groups in total. The van der Waals surface area contributed by atoms with Crippen molar-refractivity contribution < 1.29 is 9.53 Å². The van der Waals surface area contributed by atoms with E-state index in [1.54, 1.807) is 0 Å². The molecule has 0 spiro atoms.